The molecule has 0 N–H and O–H groups in total. The molecule has 334 valence electrons. The Balaban J connectivity index is 4.41. The lowest BCUT2D eigenvalue weighted by atomic mass is 10.0. The van der Waals surface area contributed by atoms with Crippen molar-refractivity contribution in [2.24, 2.45) is 0 Å². The predicted molar refractivity (Wildman–Crippen MR) is 247 cm³/mol. The zero-order valence-electron chi connectivity index (χ0n) is 38.0. The molecule has 1 atom stereocenters. The minimum absolute atomic E-state index is 0.0837. The molecule has 0 aromatic carbocycles. The summed E-state index contributed by atoms with van der Waals surface area (Å²) in [7, 11) is 0. The largest absolute Gasteiger partial charge is 0.462 e. The van der Waals surface area contributed by atoms with E-state index in [2.05, 4.69) is 81.5 Å². The van der Waals surface area contributed by atoms with Crippen LogP contribution in [0.5, 0.6) is 0 Å². The zero-order valence-corrected chi connectivity index (χ0v) is 38.0. The maximum atomic E-state index is 12.7. The Labute approximate surface area is 358 Å². The molecule has 0 fully saturated rings. The van der Waals surface area contributed by atoms with Crippen LogP contribution in [0, 0.1) is 0 Å². The van der Waals surface area contributed by atoms with Gasteiger partial charge in [0.1, 0.15) is 13.2 Å². The molecule has 0 rings (SSSR count). The van der Waals surface area contributed by atoms with Crippen molar-refractivity contribution in [3.05, 3.63) is 60.8 Å². The summed E-state index contributed by atoms with van der Waals surface area (Å²) in [4.78, 5) is 37.9. The highest BCUT2D eigenvalue weighted by atomic mass is 16.6. The van der Waals surface area contributed by atoms with Crippen LogP contribution in [0.3, 0.4) is 0 Å². The minimum atomic E-state index is -0.784. The van der Waals surface area contributed by atoms with Crippen molar-refractivity contribution >= 4 is 17.9 Å². The van der Waals surface area contributed by atoms with E-state index in [-0.39, 0.29) is 31.1 Å². The Morgan fingerprint density at radius 3 is 1.22 bits per heavy atom. The van der Waals surface area contributed by atoms with Gasteiger partial charge in [-0.3, -0.25) is 14.4 Å². The van der Waals surface area contributed by atoms with E-state index in [1.807, 2.05) is 0 Å². The molecular weight excluding hydrogens is 721 g/mol. The van der Waals surface area contributed by atoms with Crippen molar-refractivity contribution in [1.29, 1.82) is 0 Å². The molecule has 0 aromatic heterocycles. The molecule has 0 heterocycles. The fraction of sp³-hybridized carbons (Fsp3) is 0.750. The number of allylic oxidation sites excluding steroid dienone is 10. The number of rotatable bonds is 43. The van der Waals surface area contributed by atoms with Crippen molar-refractivity contribution in [3.63, 3.8) is 0 Å². The Hall–Kier alpha value is -2.89. The standard InChI is InChI=1S/C52H90O6/c1-4-7-10-13-16-19-22-25-28-30-33-36-39-42-45-51(54)57-48-49(58-52(55)46-43-40-37-34-31-27-24-21-18-15-12-9-6-3)47-56-50(53)44-41-38-35-32-29-26-23-20-17-14-11-8-5-2/h7,9-10,12,15-16,18-19,21,24,49H,4-6,8,11,13-14,17,20,22-23,25-48H2,1-3H3/b10-7+,12-9+,18-15+,19-16+,24-21+. The first kappa shape index (κ1) is 55.1. The molecule has 0 bridgehead atoms. The number of ether oxygens (including phenoxy) is 3. The van der Waals surface area contributed by atoms with Gasteiger partial charge in [0.2, 0.25) is 0 Å². The first-order valence-electron chi connectivity index (χ1n) is 24.3. The van der Waals surface area contributed by atoms with Crippen LogP contribution in [0.25, 0.3) is 0 Å². The monoisotopic (exact) mass is 811 g/mol. The molecule has 0 aromatic rings. The molecule has 1 unspecified atom stereocenters. The second-order valence-corrected chi connectivity index (χ2v) is 16.0. The van der Waals surface area contributed by atoms with E-state index < -0.39 is 6.10 Å². The lowest BCUT2D eigenvalue weighted by Crippen LogP contribution is -2.30. The van der Waals surface area contributed by atoms with Crippen LogP contribution in [0.1, 0.15) is 233 Å². The minimum Gasteiger partial charge on any atom is -0.462 e. The third kappa shape index (κ3) is 44.2. The van der Waals surface area contributed by atoms with Crippen molar-refractivity contribution < 1.29 is 28.6 Å². The molecular formula is C52H90O6. The lowest BCUT2D eigenvalue weighted by molar-refractivity contribution is -0.167. The van der Waals surface area contributed by atoms with Crippen molar-refractivity contribution in [3.8, 4) is 0 Å². The fourth-order valence-electron chi connectivity index (χ4n) is 6.71. The smallest absolute Gasteiger partial charge is 0.306 e. The fourth-order valence-corrected chi connectivity index (χ4v) is 6.71. The molecule has 6 nitrogen and oxygen atoms in total. The van der Waals surface area contributed by atoms with Gasteiger partial charge in [-0.1, -0.05) is 210 Å². The Morgan fingerprint density at radius 2 is 0.759 bits per heavy atom. The summed E-state index contributed by atoms with van der Waals surface area (Å²) >= 11 is 0. The van der Waals surface area contributed by atoms with Crippen LogP contribution in [-0.4, -0.2) is 37.2 Å². The van der Waals surface area contributed by atoms with E-state index in [4.69, 9.17) is 14.2 Å². The van der Waals surface area contributed by atoms with Crippen LogP contribution in [-0.2, 0) is 28.6 Å². The lowest BCUT2D eigenvalue weighted by Gasteiger charge is -2.18. The number of esters is 3. The molecule has 0 aliphatic heterocycles. The number of carbonyl (C=O) groups excluding carboxylic acids is 3. The van der Waals surface area contributed by atoms with Crippen molar-refractivity contribution in [1.82, 2.24) is 0 Å². The third-order valence-corrected chi connectivity index (χ3v) is 10.3. The van der Waals surface area contributed by atoms with Gasteiger partial charge >= 0.3 is 17.9 Å². The molecule has 0 amide bonds. The van der Waals surface area contributed by atoms with Crippen LogP contribution in [0.2, 0.25) is 0 Å². The van der Waals surface area contributed by atoms with Crippen LogP contribution < -0.4 is 0 Å². The number of hydrogen-bond acceptors (Lipinski definition) is 6. The second kappa shape index (κ2) is 46.8. The third-order valence-electron chi connectivity index (χ3n) is 10.3. The molecule has 0 spiro atoms. The number of unbranched alkanes of at least 4 members (excludes halogenated alkanes) is 24. The van der Waals surface area contributed by atoms with E-state index in [9.17, 15) is 14.4 Å². The molecule has 6 heteroatoms. The Kier molecular flexibility index (Phi) is 44.5. The molecule has 58 heavy (non-hydrogen) atoms. The van der Waals surface area contributed by atoms with E-state index in [0.29, 0.717) is 19.3 Å². The average molecular weight is 811 g/mol. The first-order chi connectivity index (χ1) is 28.5. The van der Waals surface area contributed by atoms with E-state index in [1.54, 1.807) is 0 Å². The van der Waals surface area contributed by atoms with E-state index in [1.165, 1.54) is 89.9 Å². The van der Waals surface area contributed by atoms with Crippen molar-refractivity contribution in [2.45, 2.75) is 239 Å². The normalized spacial score (nSPS) is 12.5. The van der Waals surface area contributed by atoms with Gasteiger partial charge in [-0.05, 0) is 64.2 Å². The van der Waals surface area contributed by atoms with Crippen LogP contribution in [0.4, 0.5) is 0 Å². The van der Waals surface area contributed by atoms with Crippen LogP contribution in [0.15, 0.2) is 60.8 Å². The molecule has 0 aliphatic carbocycles. The number of carbonyl (C=O) groups is 3. The van der Waals surface area contributed by atoms with Gasteiger partial charge in [-0.2, -0.15) is 0 Å². The summed E-state index contributed by atoms with van der Waals surface area (Å²) in [6, 6.07) is 0. The van der Waals surface area contributed by atoms with Gasteiger partial charge in [0, 0.05) is 19.3 Å². The first-order valence-corrected chi connectivity index (χ1v) is 24.3. The van der Waals surface area contributed by atoms with E-state index in [0.717, 1.165) is 103 Å². The van der Waals surface area contributed by atoms with Gasteiger partial charge in [-0.25, -0.2) is 0 Å². The van der Waals surface area contributed by atoms with Crippen LogP contribution >= 0.6 is 0 Å². The molecule has 0 aliphatic rings. The van der Waals surface area contributed by atoms with Gasteiger partial charge in [0.05, 0.1) is 0 Å². The van der Waals surface area contributed by atoms with Gasteiger partial charge in [0.25, 0.3) is 0 Å². The van der Waals surface area contributed by atoms with Crippen molar-refractivity contribution in [2.75, 3.05) is 13.2 Å². The molecule has 0 radical (unpaired) electrons. The predicted octanol–water partition coefficient (Wildman–Crippen LogP) is 15.7. The summed E-state index contributed by atoms with van der Waals surface area (Å²) in [6.07, 6.45) is 56.3. The quantitative estimate of drug-likeness (QED) is 0.0201. The highest BCUT2D eigenvalue weighted by molar-refractivity contribution is 5.71. The summed E-state index contributed by atoms with van der Waals surface area (Å²) in [5, 5.41) is 0. The molecule has 0 saturated carbocycles. The summed E-state index contributed by atoms with van der Waals surface area (Å²) in [5.74, 6) is -0.911. The SMILES string of the molecule is CC/C=C/C=C/C=C/CCCCCCCC(=O)OC(COC(=O)CCCCCCCCC/C=C/C/C=C/CC)COC(=O)CCCCCCCCCCCCCCC. The highest BCUT2D eigenvalue weighted by Crippen LogP contribution is 2.15. The number of hydrogen-bond donors (Lipinski definition) is 0. The maximum absolute atomic E-state index is 12.7. The van der Waals surface area contributed by atoms with Gasteiger partial charge < -0.3 is 14.2 Å². The highest BCUT2D eigenvalue weighted by Gasteiger charge is 2.19. The summed E-state index contributed by atoms with van der Waals surface area (Å²) < 4.78 is 16.7. The summed E-state index contributed by atoms with van der Waals surface area (Å²) in [5.41, 5.74) is 0. The topological polar surface area (TPSA) is 78.9 Å². The van der Waals surface area contributed by atoms with E-state index >= 15 is 0 Å². The van der Waals surface area contributed by atoms with Gasteiger partial charge in [0.15, 0.2) is 6.10 Å². The average Bonchev–Trinajstić information content (AvgIpc) is 3.22. The summed E-state index contributed by atoms with van der Waals surface area (Å²) in [6.45, 7) is 6.37. The Bertz CT molecular complexity index is 1070. The maximum Gasteiger partial charge on any atom is 0.306 e. The second-order valence-electron chi connectivity index (χ2n) is 16.0. The van der Waals surface area contributed by atoms with Gasteiger partial charge in [-0.15, -0.1) is 0 Å². The zero-order chi connectivity index (χ0) is 42.3. The molecule has 0 saturated heterocycles. The Morgan fingerprint density at radius 1 is 0.379 bits per heavy atom.